The highest BCUT2D eigenvalue weighted by Crippen LogP contribution is 2.29. The third-order valence-electron chi connectivity index (χ3n) is 2.48. The molecule has 2 rings (SSSR count). The molecule has 0 saturated carbocycles. The van der Waals surface area contributed by atoms with E-state index in [2.05, 4.69) is 11.2 Å². The maximum Gasteiger partial charge on any atom is 0.199 e. The highest BCUT2D eigenvalue weighted by Gasteiger charge is 2.11. The molecule has 0 fully saturated rings. The zero-order valence-electron chi connectivity index (χ0n) is 8.96. The Kier molecular flexibility index (Phi) is 3.19. The Morgan fingerprint density at radius 3 is 3.00 bits per heavy atom. The fourth-order valence-corrected chi connectivity index (χ4v) is 1.80. The molecule has 2 nitrogen and oxygen atoms in total. The summed E-state index contributed by atoms with van der Waals surface area (Å²) in [7, 11) is 0. The normalized spacial score (nSPS) is 12.6. The van der Waals surface area contributed by atoms with Gasteiger partial charge in [0.25, 0.3) is 0 Å². The second kappa shape index (κ2) is 4.61. The maximum absolute atomic E-state index is 6.04. The lowest BCUT2D eigenvalue weighted by Gasteiger charge is -2.05. The van der Waals surface area contributed by atoms with E-state index in [9.17, 15) is 0 Å². The van der Waals surface area contributed by atoms with Crippen LogP contribution >= 0.6 is 11.6 Å². The van der Waals surface area contributed by atoms with Gasteiger partial charge in [-0.1, -0.05) is 24.1 Å². The minimum Gasteiger partial charge on any atom is -0.444 e. The number of halogens is 1. The molecule has 1 aromatic heterocycles. The van der Waals surface area contributed by atoms with Gasteiger partial charge < -0.3 is 4.42 Å². The molecule has 3 heteroatoms. The average Bonchev–Trinajstić information content (AvgIpc) is 2.62. The molecule has 0 spiro atoms. The summed E-state index contributed by atoms with van der Waals surface area (Å²) < 4.78 is 5.44. The molecule has 2 aromatic rings. The third kappa shape index (κ3) is 2.06. The zero-order valence-corrected chi connectivity index (χ0v) is 9.71. The van der Waals surface area contributed by atoms with Gasteiger partial charge in [0.15, 0.2) is 5.22 Å². The number of furan rings is 1. The Labute approximate surface area is 99.6 Å². The molecule has 16 heavy (non-hydrogen) atoms. The van der Waals surface area contributed by atoms with Gasteiger partial charge in [0, 0.05) is 17.5 Å². The maximum atomic E-state index is 6.04. The summed E-state index contributed by atoms with van der Waals surface area (Å²) >= 11 is 6.04. The summed E-state index contributed by atoms with van der Waals surface area (Å²) in [6.07, 6.45) is 5.29. The largest absolute Gasteiger partial charge is 0.444 e. The van der Waals surface area contributed by atoms with Gasteiger partial charge in [0.1, 0.15) is 5.58 Å². The fraction of sp³-hybridized carbons (Fsp3) is 0.231. The van der Waals surface area contributed by atoms with Crippen molar-refractivity contribution in [3.05, 3.63) is 35.0 Å². The van der Waals surface area contributed by atoms with Gasteiger partial charge in [0.05, 0.1) is 6.04 Å². The van der Waals surface area contributed by atoms with E-state index in [1.165, 1.54) is 0 Å². The molecule has 1 aromatic carbocycles. The first-order chi connectivity index (χ1) is 7.72. The van der Waals surface area contributed by atoms with Gasteiger partial charge in [-0.2, -0.15) is 0 Å². The lowest BCUT2D eigenvalue weighted by Crippen LogP contribution is -2.23. The molecule has 1 atom stereocenters. The molecule has 1 heterocycles. The highest BCUT2D eigenvalue weighted by molar-refractivity contribution is 6.30. The van der Waals surface area contributed by atoms with Crippen LogP contribution < -0.4 is 5.32 Å². The summed E-state index contributed by atoms with van der Waals surface area (Å²) in [5.41, 5.74) is 1.76. The smallest absolute Gasteiger partial charge is 0.199 e. The predicted molar refractivity (Wildman–Crippen MR) is 66.4 cm³/mol. The summed E-state index contributed by atoms with van der Waals surface area (Å²) in [5.74, 6) is 2.61. The van der Waals surface area contributed by atoms with E-state index in [1.807, 2.05) is 31.2 Å². The van der Waals surface area contributed by atoms with Crippen molar-refractivity contribution in [2.45, 2.75) is 19.5 Å². The summed E-state index contributed by atoms with van der Waals surface area (Å²) in [5, 5.41) is 4.65. The average molecular weight is 234 g/mol. The molecule has 0 radical (unpaired) electrons. The molecule has 1 N–H and O–H groups in total. The predicted octanol–water partition coefficient (Wildman–Crippen LogP) is 3.20. The standard InChI is InChI=1S/C13H12ClNO/c1-3-9(2)15-8-11-10-6-4-5-7-12(10)16-13(11)14/h1,4-7,9,15H,8H2,2H3. The van der Waals surface area contributed by atoms with Gasteiger partial charge in [0.2, 0.25) is 0 Å². The van der Waals surface area contributed by atoms with Gasteiger partial charge in [-0.25, -0.2) is 0 Å². The van der Waals surface area contributed by atoms with Gasteiger partial charge in [-0.15, -0.1) is 6.42 Å². The van der Waals surface area contributed by atoms with Crippen molar-refractivity contribution >= 4 is 22.6 Å². The van der Waals surface area contributed by atoms with E-state index in [1.54, 1.807) is 0 Å². The zero-order chi connectivity index (χ0) is 11.5. The van der Waals surface area contributed by atoms with Crippen LogP contribution in [-0.2, 0) is 6.54 Å². The Morgan fingerprint density at radius 1 is 1.50 bits per heavy atom. The molecule has 82 valence electrons. The summed E-state index contributed by atoms with van der Waals surface area (Å²) in [6.45, 7) is 2.54. The van der Waals surface area contributed by atoms with E-state index in [-0.39, 0.29) is 6.04 Å². The number of benzene rings is 1. The second-order valence-corrected chi connectivity index (χ2v) is 3.96. The van der Waals surface area contributed by atoms with E-state index in [4.69, 9.17) is 22.4 Å². The minimum absolute atomic E-state index is 0.0183. The molecule has 0 aliphatic rings. The Morgan fingerprint density at radius 2 is 2.25 bits per heavy atom. The van der Waals surface area contributed by atoms with Crippen molar-refractivity contribution < 1.29 is 4.42 Å². The van der Waals surface area contributed by atoms with Crippen molar-refractivity contribution in [2.24, 2.45) is 0 Å². The lowest BCUT2D eigenvalue weighted by molar-refractivity contribution is 0.598. The molecular formula is C13H12ClNO. The Balaban J connectivity index is 2.30. The van der Waals surface area contributed by atoms with Crippen LogP contribution in [0.4, 0.5) is 0 Å². The summed E-state index contributed by atoms with van der Waals surface area (Å²) in [4.78, 5) is 0. The van der Waals surface area contributed by atoms with Crippen molar-refractivity contribution in [2.75, 3.05) is 0 Å². The Bertz CT molecular complexity index is 538. The molecule has 0 aliphatic carbocycles. The number of fused-ring (bicyclic) bond motifs is 1. The van der Waals surface area contributed by atoms with E-state index in [0.29, 0.717) is 11.8 Å². The topological polar surface area (TPSA) is 25.2 Å². The van der Waals surface area contributed by atoms with Crippen molar-refractivity contribution in [3.63, 3.8) is 0 Å². The number of hydrogen-bond acceptors (Lipinski definition) is 2. The molecule has 0 saturated heterocycles. The first-order valence-corrected chi connectivity index (χ1v) is 5.45. The lowest BCUT2D eigenvalue weighted by atomic mass is 10.1. The van der Waals surface area contributed by atoms with Crippen LogP contribution in [0.25, 0.3) is 11.0 Å². The van der Waals surface area contributed by atoms with Gasteiger partial charge >= 0.3 is 0 Å². The first kappa shape index (κ1) is 11.1. The molecular weight excluding hydrogens is 222 g/mol. The SMILES string of the molecule is C#CC(C)NCc1c(Cl)oc2ccccc12. The van der Waals surface area contributed by atoms with Crippen LogP contribution in [0.1, 0.15) is 12.5 Å². The van der Waals surface area contributed by atoms with Crippen molar-refractivity contribution in [1.82, 2.24) is 5.32 Å². The Hall–Kier alpha value is -1.43. The van der Waals surface area contributed by atoms with Gasteiger partial charge in [-0.05, 0) is 24.6 Å². The monoisotopic (exact) mass is 233 g/mol. The molecule has 1 unspecified atom stereocenters. The highest BCUT2D eigenvalue weighted by atomic mass is 35.5. The number of nitrogens with one attached hydrogen (secondary N) is 1. The number of terminal acetylenes is 1. The molecule has 0 amide bonds. The molecule has 0 aliphatic heterocycles. The number of para-hydroxylation sites is 1. The van der Waals surface area contributed by atoms with E-state index >= 15 is 0 Å². The summed E-state index contributed by atoms with van der Waals surface area (Å²) in [6, 6.07) is 7.79. The van der Waals surface area contributed by atoms with Crippen LogP contribution in [0.3, 0.4) is 0 Å². The van der Waals surface area contributed by atoms with Crippen molar-refractivity contribution in [1.29, 1.82) is 0 Å². The first-order valence-electron chi connectivity index (χ1n) is 5.08. The number of hydrogen-bond donors (Lipinski definition) is 1. The van der Waals surface area contributed by atoms with Crippen LogP contribution in [0.15, 0.2) is 28.7 Å². The van der Waals surface area contributed by atoms with Crippen LogP contribution in [-0.4, -0.2) is 6.04 Å². The van der Waals surface area contributed by atoms with Crippen LogP contribution in [0.2, 0.25) is 5.22 Å². The van der Waals surface area contributed by atoms with E-state index in [0.717, 1.165) is 16.5 Å². The number of rotatable bonds is 3. The van der Waals surface area contributed by atoms with E-state index < -0.39 is 0 Å². The third-order valence-corrected chi connectivity index (χ3v) is 2.79. The quantitative estimate of drug-likeness (QED) is 0.824. The second-order valence-electron chi connectivity index (χ2n) is 3.62. The van der Waals surface area contributed by atoms with Gasteiger partial charge in [-0.3, -0.25) is 5.32 Å². The van der Waals surface area contributed by atoms with Crippen LogP contribution in [0.5, 0.6) is 0 Å². The fourth-order valence-electron chi connectivity index (χ4n) is 1.55. The molecule has 0 bridgehead atoms. The minimum atomic E-state index is 0.0183. The van der Waals surface area contributed by atoms with Crippen molar-refractivity contribution in [3.8, 4) is 12.3 Å². The van der Waals surface area contributed by atoms with Crippen LogP contribution in [0, 0.1) is 12.3 Å².